The van der Waals surface area contributed by atoms with Gasteiger partial charge >= 0.3 is 0 Å². The van der Waals surface area contributed by atoms with Gasteiger partial charge in [0.15, 0.2) is 5.11 Å². The van der Waals surface area contributed by atoms with E-state index in [9.17, 15) is 9.59 Å². The Morgan fingerprint density at radius 3 is 2.34 bits per heavy atom. The lowest BCUT2D eigenvalue weighted by Crippen LogP contribution is -2.34. The van der Waals surface area contributed by atoms with Gasteiger partial charge in [0.05, 0.1) is 6.61 Å². The number of anilines is 2. The number of carbonyl (C=O) groups is 2. The summed E-state index contributed by atoms with van der Waals surface area (Å²) < 4.78 is 5.57. The molecule has 0 bridgehead atoms. The smallest absolute Gasteiger partial charge is 0.257 e. The first kappa shape index (κ1) is 23.0. The van der Waals surface area contributed by atoms with Crippen LogP contribution in [0.1, 0.15) is 39.6 Å². The first-order chi connectivity index (χ1) is 15.5. The van der Waals surface area contributed by atoms with E-state index in [-0.39, 0.29) is 16.9 Å². The number of aryl methyl sites for hydroxylation is 1. The molecule has 0 aliphatic heterocycles. The maximum absolute atomic E-state index is 12.5. The Labute approximate surface area is 193 Å². The van der Waals surface area contributed by atoms with Crippen molar-refractivity contribution in [2.24, 2.45) is 0 Å². The third-order valence-corrected chi connectivity index (χ3v) is 4.77. The third-order valence-electron chi connectivity index (χ3n) is 4.56. The van der Waals surface area contributed by atoms with Gasteiger partial charge in [-0.05, 0) is 79.7 Å². The fraction of sp³-hybridized carbons (Fsp3) is 0.160. The maximum Gasteiger partial charge on any atom is 0.257 e. The van der Waals surface area contributed by atoms with Crippen molar-refractivity contribution in [3.8, 4) is 5.75 Å². The summed E-state index contributed by atoms with van der Waals surface area (Å²) in [5.74, 6) is 0.136. The molecule has 0 saturated carbocycles. The molecule has 0 atom stereocenters. The van der Waals surface area contributed by atoms with Crippen LogP contribution in [0, 0.1) is 6.92 Å². The van der Waals surface area contributed by atoms with E-state index < -0.39 is 0 Å². The Morgan fingerprint density at radius 2 is 1.62 bits per heavy atom. The highest BCUT2D eigenvalue weighted by molar-refractivity contribution is 7.80. The average molecular weight is 448 g/mol. The molecular weight excluding hydrogens is 422 g/mol. The Morgan fingerprint density at radius 1 is 0.875 bits per heavy atom. The zero-order chi connectivity index (χ0) is 22.9. The summed E-state index contributed by atoms with van der Waals surface area (Å²) in [4.78, 5) is 24.9. The standard InChI is InChI=1S/C25H25N3O3S/c1-3-14-31-21-11-7-10-19(16-21)24(30)28-25(32)26-20-12-13-22(17(2)15-20)27-23(29)18-8-5-4-6-9-18/h4-13,15-16H,3,14H2,1-2H3,(H,27,29)(H2,26,28,30,32). The summed E-state index contributed by atoms with van der Waals surface area (Å²) in [5.41, 5.74) is 3.29. The zero-order valence-corrected chi connectivity index (χ0v) is 18.8. The van der Waals surface area contributed by atoms with Crippen molar-refractivity contribution in [2.75, 3.05) is 17.2 Å². The van der Waals surface area contributed by atoms with Crippen molar-refractivity contribution >= 4 is 40.5 Å². The number of amides is 2. The number of hydrogen-bond donors (Lipinski definition) is 3. The second-order valence-corrected chi connectivity index (χ2v) is 7.54. The molecule has 2 amide bonds. The molecule has 3 N–H and O–H groups in total. The number of nitrogens with one attached hydrogen (secondary N) is 3. The minimum Gasteiger partial charge on any atom is -0.494 e. The van der Waals surface area contributed by atoms with Crippen molar-refractivity contribution in [3.05, 3.63) is 89.5 Å². The molecule has 7 heteroatoms. The fourth-order valence-corrected chi connectivity index (χ4v) is 3.16. The highest BCUT2D eigenvalue weighted by Gasteiger charge is 2.11. The molecule has 0 spiro atoms. The number of hydrogen-bond acceptors (Lipinski definition) is 4. The zero-order valence-electron chi connectivity index (χ0n) is 18.0. The van der Waals surface area contributed by atoms with E-state index in [0.717, 1.165) is 12.0 Å². The lowest BCUT2D eigenvalue weighted by atomic mass is 10.1. The number of carbonyl (C=O) groups excluding carboxylic acids is 2. The first-order valence-electron chi connectivity index (χ1n) is 10.3. The highest BCUT2D eigenvalue weighted by Crippen LogP contribution is 2.21. The predicted octanol–water partition coefficient (Wildman–Crippen LogP) is 5.16. The number of ether oxygens (including phenoxy) is 1. The molecule has 0 aliphatic rings. The third kappa shape index (κ3) is 6.39. The molecule has 3 rings (SSSR count). The molecule has 164 valence electrons. The molecule has 32 heavy (non-hydrogen) atoms. The van der Waals surface area contributed by atoms with Crippen LogP contribution < -0.4 is 20.7 Å². The van der Waals surface area contributed by atoms with Gasteiger partial charge in [0.2, 0.25) is 0 Å². The molecule has 0 radical (unpaired) electrons. The van der Waals surface area contributed by atoms with E-state index in [2.05, 4.69) is 16.0 Å². The molecule has 0 saturated heterocycles. The van der Waals surface area contributed by atoms with Crippen LogP contribution in [0.3, 0.4) is 0 Å². The van der Waals surface area contributed by atoms with E-state index in [1.165, 1.54) is 0 Å². The Kier molecular flexibility index (Phi) is 7.94. The van der Waals surface area contributed by atoms with Crippen LogP contribution in [0.25, 0.3) is 0 Å². The SMILES string of the molecule is CCCOc1cccc(C(=O)NC(=S)Nc2ccc(NC(=O)c3ccccc3)c(C)c2)c1. The minimum absolute atomic E-state index is 0.176. The van der Waals surface area contributed by atoms with Gasteiger partial charge in [0, 0.05) is 22.5 Å². The van der Waals surface area contributed by atoms with Crippen molar-refractivity contribution in [3.63, 3.8) is 0 Å². The van der Waals surface area contributed by atoms with Crippen molar-refractivity contribution in [1.29, 1.82) is 0 Å². The molecule has 0 fully saturated rings. The summed E-state index contributed by atoms with van der Waals surface area (Å²) in [5, 5.41) is 8.75. The topological polar surface area (TPSA) is 79.5 Å². The van der Waals surface area contributed by atoms with Crippen LogP contribution in [-0.2, 0) is 0 Å². The van der Waals surface area contributed by atoms with Gasteiger partial charge in [-0.15, -0.1) is 0 Å². The van der Waals surface area contributed by atoms with Crippen LogP contribution in [-0.4, -0.2) is 23.5 Å². The summed E-state index contributed by atoms with van der Waals surface area (Å²) in [6.07, 6.45) is 0.887. The van der Waals surface area contributed by atoms with E-state index in [0.29, 0.717) is 34.9 Å². The quantitative estimate of drug-likeness (QED) is 0.436. The molecule has 0 unspecified atom stereocenters. The van der Waals surface area contributed by atoms with Gasteiger partial charge in [-0.2, -0.15) is 0 Å². The molecule has 6 nitrogen and oxygen atoms in total. The summed E-state index contributed by atoms with van der Waals surface area (Å²) >= 11 is 5.28. The molecule has 3 aromatic rings. The second kappa shape index (κ2) is 11.1. The van der Waals surface area contributed by atoms with Crippen LogP contribution in [0.4, 0.5) is 11.4 Å². The van der Waals surface area contributed by atoms with Gasteiger partial charge in [0.25, 0.3) is 11.8 Å². The van der Waals surface area contributed by atoms with Gasteiger partial charge < -0.3 is 15.4 Å². The van der Waals surface area contributed by atoms with Crippen LogP contribution in [0.15, 0.2) is 72.8 Å². The van der Waals surface area contributed by atoms with Gasteiger partial charge in [0.1, 0.15) is 5.75 Å². The van der Waals surface area contributed by atoms with Gasteiger partial charge in [-0.25, -0.2) is 0 Å². The number of benzene rings is 3. The van der Waals surface area contributed by atoms with Crippen LogP contribution >= 0.6 is 12.2 Å². The highest BCUT2D eigenvalue weighted by atomic mass is 32.1. The summed E-state index contributed by atoms with van der Waals surface area (Å²) in [6.45, 7) is 4.49. The van der Waals surface area contributed by atoms with Crippen molar-refractivity contribution in [2.45, 2.75) is 20.3 Å². The Balaban J connectivity index is 1.59. The van der Waals surface area contributed by atoms with E-state index in [4.69, 9.17) is 17.0 Å². The van der Waals surface area contributed by atoms with Crippen LogP contribution in [0.2, 0.25) is 0 Å². The van der Waals surface area contributed by atoms with Gasteiger partial charge in [-0.3, -0.25) is 14.9 Å². The normalized spacial score (nSPS) is 10.2. The number of rotatable bonds is 7. The lowest BCUT2D eigenvalue weighted by Gasteiger charge is -2.13. The van der Waals surface area contributed by atoms with E-state index >= 15 is 0 Å². The Hall–Kier alpha value is -3.71. The van der Waals surface area contributed by atoms with Crippen LogP contribution in [0.5, 0.6) is 5.75 Å². The average Bonchev–Trinajstić information content (AvgIpc) is 2.80. The van der Waals surface area contributed by atoms with Crippen molar-refractivity contribution in [1.82, 2.24) is 5.32 Å². The molecule has 0 aromatic heterocycles. The van der Waals surface area contributed by atoms with E-state index in [1.807, 2.05) is 44.2 Å². The van der Waals surface area contributed by atoms with Gasteiger partial charge in [-0.1, -0.05) is 31.2 Å². The summed E-state index contributed by atoms with van der Waals surface area (Å²) in [7, 11) is 0. The second-order valence-electron chi connectivity index (χ2n) is 7.13. The minimum atomic E-state index is -0.326. The molecule has 0 aliphatic carbocycles. The van der Waals surface area contributed by atoms with Crippen molar-refractivity contribution < 1.29 is 14.3 Å². The maximum atomic E-state index is 12.5. The predicted molar refractivity (Wildman–Crippen MR) is 131 cm³/mol. The van der Waals surface area contributed by atoms with E-state index in [1.54, 1.807) is 42.5 Å². The molecular formula is C25H25N3O3S. The Bertz CT molecular complexity index is 1120. The number of thiocarbonyl (C=S) groups is 1. The lowest BCUT2D eigenvalue weighted by molar-refractivity contribution is 0.0976. The largest absolute Gasteiger partial charge is 0.494 e. The molecule has 3 aromatic carbocycles. The summed E-state index contributed by atoms with van der Waals surface area (Å²) in [6, 6.07) is 21.4. The monoisotopic (exact) mass is 447 g/mol. The first-order valence-corrected chi connectivity index (χ1v) is 10.7. The fourth-order valence-electron chi connectivity index (χ4n) is 2.95. The molecule has 0 heterocycles.